The van der Waals surface area contributed by atoms with Crippen molar-refractivity contribution in [2.24, 2.45) is 0 Å². The zero-order chi connectivity index (χ0) is 10.7. The van der Waals surface area contributed by atoms with Crippen LogP contribution in [0.3, 0.4) is 0 Å². The second-order valence-electron chi connectivity index (χ2n) is 3.42. The summed E-state index contributed by atoms with van der Waals surface area (Å²) < 4.78 is 12.2. The Morgan fingerprint density at radius 3 is 2.13 bits per heavy atom. The predicted molar refractivity (Wildman–Crippen MR) is 64.5 cm³/mol. The molecule has 2 aromatic rings. The van der Waals surface area contributed by atoms with Crippen molar-refractivity contribution in [1.29, 1.82) is 0 Å². The van der Waals surface area contributed by atoms with E-state index in [0.717, 1.165) is 16.2 Å². The lowest BCUT2D eigenvalue weighted by molar-refractivity contribution is 0.598. The van der Waals surface area contributed by atoms with Gasteiger partial charge in [0.25, 0.3) is 0 Å². The van der Waals surface area contributed by atoms with E-state index in [4.69, 9.17) is 0 Å². The van der Waals surface area contributed by atoms with E-state index in [1.165, 1.54) is 0 Å². The van der Waals surface area contributed by atoms with Gasteiger partial charge in [-0.1, -0.05) is 41.0 Å². The van der Waals surface area contributed by atoms with Crippen molar-refractivity contribution in [1.82, 2.24) is 0 Å². The Morgan fingerprint density at radius 2 is 1.47 bits per heavy atom. The molecule has 0 radical (unpaired) electrons. The summed E-state index contributed by atoms with van der Waals surface area (Å²) in [6.45, 7) is 1.99. The van der Waals surface area contributed by atoms with E-state index in [-0.39, 0.29) is 0 Å². The standard InChI is InChI=1S/C13H12OP/c1-11-7-5-6-10-13(11)15(14)12-8-3-2-4-9-12/h2-10H,1H3/q+1. The maximum absolute atomic E-state index is 12.2. The second-order valence-corrected chi connectivity index (χ2v) is 5.00. The van der Waals surface area contributed by atoms with Crippen LogP contribution < -0.4 is 10.6 Å². The highest BCUT2D eigenvalue weighted by Crippen LogP contribution is 2.20. The van der Waals surface area contributed by atoms with E-state index in [1.807, 2.05) is 61.5 Å². The van der Waals surface area contributed by atoms with Gasteiger partial charge in [-0.15, -0.1) is 0 Å². The van der Waals surface area contributed by atoms with E-state index >= 15 is 0 Å². The summed E-state index contributed by atoms with van der Waals surface area (Å²) in [4.78, 5) is 0. The number of hydrogen-bond acceptors (Lipinski definition) is 1. The first kappa shape index (κ1) is 10.1. The molecule has 1 nitrogen and oxygen atoms in total. The van der Waals surface area contributed by atoms with Crippen molar-refractivity contribution < 1.29 is 4.57 Å². The molecule has 0 saturated heterocycles. The molecular weight excluding hydrogens is 203 g/mol. The third kappa shape index (κ3) is 2.14. The van der Waals surface area contributed by atoms with Crippen LogP contribution >= 0.6 is 7.80 Å². The summed E-state index contributed by atoms with van der Waals surface area (Å²) in [6.07, 6.45) is 0. The minimum atomic E-state index is -1.44. The molecule has 2 aromatic carbocycles. The Labute approximate surface area is 90.6 Å². The quantitative estimate of drug-likeness (QED) is 0.704. The van der Waals surface area contributed by atoms with Gasteiger partial charge in [-0.25, -0.2) is 0 Å². The van der Waals surface area contributed by atoms with Gasteiger partial charge < -0.3 is 0 Å². The predicted octanol–water partition coefficient (Wildman–Crippen LogP) is 2.77. The van der Waals surface area contributed by atoms with Crippen LogP contribution in [0, 0.1) is 6.92 Å². The van der Waals surface area contributed by atoms with Gasteiger partial charge in [0.15, 0.2) is 10.6 Å². The van der Waals surface area contributed by atoms with Gasteiger partial charge in [0.1, 0.15) is 0 Å². The van der Waals surface area contributed by atoms with Gasteiger partial charge in [-0.3, -0.25) is 0 Å². The topological polar surface area (TPSA) is 17.1 Å². The number of aryl methyl sites for hydroxylation is 1. The van der Waals surface area contributed by atoms with Gasteiger partial charge in [0, 0.05) is 5.56 Å². The minimum absolute atomic E-state index is 0.891. The first-order valence-corrected chi connectivity index (χ1v) is 6.13. The summed E-state index contributed by atoms with van der Waals surface area (Å²) in [5.74, 6) is 0. The fraction of sp³-hybridized carbons (Fsp3) is 0.0769. The number of benzene rings is 2. The van der Waals surface area contributed by atoms with E-state index in [9.17, 15) is 4.57 Å². The third-order valence-electron chi connectivity index (χ3n) is 2.32. The normalized spacial score (nSPS) is 11.1. The van der Waals surface area contributed by atoms with Crippen LogP contribution in [0.4, 0.5) is 0 Å². The molecule has 2 heteroatoms. The largest absolute Gasteiger partial charge is 0.415 e. The molecule has 2 rings (SSSR count). The Bertz CT molecular complexity index is 477. The van der Waals surface area contributed by atoms with Crippen molar-refractivity contribution in [3.05, 3.63) is 60.2 Å². The molecule has 0 spiro atoms. The SMILES string of the molecule is Cc1ccccc1[P+](=O)c1ccccc1. The van der Waals surface area contributed by atoms with Crippen LogP contribution in [0.25, 0.3) is 0 Å². The molecule has 1 atom stereocenters. The summed E-state index contributed by atoms with van der Waals surface area (Å²) in [5, 5.41) is 1.82. The van der Waals surface area contributed by atoms with E-state index in [1.54, 1.807) is 0 Å². The average molecular weight is 215 g/mol. The molecular formula is C13H12OP+. The molecule has 0 heterocycles. The summed E-state index contributed by atoms with van der Waals surface area (Å²) in [6, 6.07) is 17.4. The highest BCUT2D eigenvalue weighted by atomic mass is 31.1. The van der Waals surface area contributed by atoms with Gasteiger partial charge >= 0.3 is 7.80 Å². The fourth-order valence-corrected chi connectivity index (χ4v) is 2.83. The molecule has 0 aromatic heterocycles. The monoisotopic (exact) mass is 215 g/mol. The first-order chi connectivity index (χ1) is 7.29. The van der Waals surface area contributed by atoms with Crippen LogP contribution in [-0.2, 0) is 4.57 Å². The maximum Gasteiger partial charge on any atom is 0.415 e. The molecule has 0 fully saturated rings. The van der Waals surface area contributed by atoms with E-state index < -0.39 is 7.80 Å². The molecule has 0 aliphatic rings. The smallest absolute Gasteiger partial charge is 0.0619 e. The molecule has 0 N–H and O–H groups in total. The third-order valence-corrected chi connectivity index (χ3v) is 4.03. The first-order valence-electron chi connectivity index (χ1n) is 4.87. The molecule has 0 bridgehead atoms. The van der Waals surface area contributed by atoms with E-state index in [2.05, 4.69) is 0 Å². The fourth-order valence-electron chi connectivity index (χ4n) is 1.49. The van der Waals surface area contributed by atoms with Crippen LogP contribution in [0.2, 0.25) is 0 Å². The van der Waals surface area contributed by atoms with Crippen LogP contribution in [-0.4, -0.2) is 0 Å². The zero-order valence-electron chi connectivity index (χ0n) is 8.55. The van der Waals surface area contributed by atoms with Gasteiger partial charge in [-0.2, -0.15) is 0 Å². The lowest BCUT2D eigenvalue weighted by Crippen LogP contribution is -2.08. The Balaban J connectivity index is 2.42. The number of rotatable bonds is 2. The molecule has 0 saturated carbocycles. The summed E-state index contributed by atoms with van der Waals surface area (Å²) in [5.41, 5.74) is 1.09. The lowest BCUT2D eigenvalue weighted by Gasteiger charge is -1.93. The Hall–Kier alpha value is -1.46. The molecule has 0 aliphatic carbocycles. The van der Waals surface area contributed by atoms with Crippen molar-refractivity contribution in [3.63, 3.8) is 0 Å². The minimum Gasteiger partial charge on any atom is -0.0619 e. The number of hydrogen-bond donors (Lipinski definition) is 0. The van der Waals surface area contributed by atoms with Crippen molar-refractivity contribution in [3.8, 4) is 0 Å². The maximum atomic E-state index is 12.2. The van der Waals surface area contributed by atoms with Gasteiger partial charge in [-0.05, 0) is 25.1 Å². The highest BCUT2D eigenvalue weighted by molar-refractivity contribution is 7.61. The van der Waals surface area contributed by atoms with Gasteiger partial charge in [0.05, 0.1) is 0 Å². The Kier molecular flexibility index (Phi) is 2.94. The molecule has 0 aliphatic heterocycles. The Morgan fingerprint density at radius 1 is 0.867 bits per heavy atom. The summed E-state index contributed by atoms with van der Waals surface area (Å²) in [7, 11) is -1.44. The van der Waals surface area contributed by atoms with E-state index in [0.29, 0.717) is 0 Å². The van der Waals surface area contributed by atoms with Crippen LogP contribution in [0.1, 0.15) is 5.56 Å². The van der Waals surface area contributed by atoms with Crippen molar-refractivity contribution in [2.75, 3.05) is 0 Å². The molecule has 1 unspecified atom stereocenters. The van der Waals surface area contributed by atoms with Gasteiger partial charge in [0.2, 0.25) is 0 Å². The second kappa shape index (κ2) is 4.37. The molecule has 74 valence electrons. The summed E-state index contributed by atoms with van der Waals surface area (Å²) >= 11 is 0. The molecule has 15 heavy (non-hydrogen) atoms. The van der Waals surface area contributed by atoms with Crippen molar-refractivity contribution in [2.45, 2.75) is 6.92 Å². The molecule has 0 amide bonds. The van der Waals surface area contributed by atoms with Crippen LogP contribution in [0.5, 0.6) is 0 Å². The lowest BCUT2D eigenvalue weighted by atomic mass is 10.2. The highest BCUT2D eigenvalue weighted by Gasteiger charge is 2.24. The zero-order valence-corrected chi connectivity index (χ0v) is 9.45. The van der Waals surface area contributed by atoms with Crippen molar-refractivity contribution >= 4 is 18.4 Å². The van der Waals surface area contributed by atoms with Crippen LogP contribution in [0.15, 0.2) is 54.6 Å². The average Bonchev–Trinajstić information content (AvgIpc) is 2.30.